The van der Waals surface area contributed by atoms with Crippen molar-refractivity contribution in [2.45, 2.75) is 39.2 Å². The molecule has 2 aliphatic heterocycles. The number of rotatable bonds is 6. The summed E-state index contributed by atoms with van der Waals surface area (Å²) in [5, 5.41) is 11.2. The lowest BCUT2D eigenvalue weighted by Crippen LogP contribution is -2.30. The minimum absolute atomic E-state index is 0.113. The van der Waals surface area contributed by atoms with Gasteiger partial charge in [0.15, 0.2) is 11.5 Å². The molecule has 0 radical (unpaired) electrons. The van der Waals surface area contributed by atoms with Crippen LogP contribution in [0.3, 0.4) is 0 Å². The van der Waals surface area contributed by atoms with Crippen molar-refractivity contribution in [3.63, 3.8) is 0 Å². The Labute approximate surface area is 182 Å². The van der Waals surface area contributed by atoms with E-state index in [1.807, 2.05) is 31.2 Å². The molecule has 0 bridgehead atoms. The minimum atomic E-state index is -0.659. The normalized spacial score (nSPS) is 19.7. The SMILES string of the molecule is CCCCN1C(=O)C(=O)/C(=C(\O)c2ccc3c(c2)OCCO3)C1c1ccc(CC)cc1. The molecular weight excluding hydrogens is 394 g/mol. The maximum atomic E-state index is 13.0. The van der Waals surface area contributed by atoms with Gasteiger partial charge in [0, 0.05) is 12.1 Å². The number of ketones is 1. The molecule has 0 saturated carbocycles. The standard InChI is InChI=1S/C25H27NO5/c1-3-5-12-26-22(17-8-6-16(4-2)7-9-17)21(24(28)25(26)29)23(27)18-10-11-19-20(15-18)31-14-13-30-19/h6-11,15,22,27H,3-5,12-14H2,1-2H3/b23-21-. The molecule has 1 amide bonds. The van der Waals surface area contributed by atoms with Gasteiger partial charge in [-0.05, 0) is 42.2 Å². The highest BCUT2D eigenvalue weighted by Crippen LogP contribution is 2.41. The van der Waals surface area contributed by atoms with Crippen LogP contribution in [0.1, 0.15) is 49.4 Å². The third-order valence-electron chi connectivity index (χ3n) is 5.81. The van der Waals surface area contributed by atoms with Crippen LogP contribution in [-0.2, 0) is 16.0 Å². The number of benzene rings is 2. The fraction of sp³-hybridized carbons (Fsp3) is 0.360. The molecule has 1 unspecified atom stereocenters. The summed E-state index contributed by atoms with van der Waals surface area (Å²) >= 11 is 0. The topological polar surface area (TPSA) is 76.1 Å². The first-order chi connectivity index (χ1) is 15.0. The number of hydrogen-bond donors (Lipinski definition) is 1. The van der Waals surface area contributed by atoms with E-state index in [1.54, 1.807) is 23.1 Å². The molecule has 2 aliphatic rings. The van der Waals surface area contributed by atoms with Crippen molar-refractivity contribution < 1.29 is 24.2 Å². The van der Waals surface area contributed by atoms with Crippen LogP contribution in [-0.4, -0.2) is 41.5 Å². The van der Waals surface area contributed by atoms with E-state index in [0.717, 1.165) is 24.8 Å². The van der Waals surface area contributed by atoms with E-state index in [-0.39, 0.29) is 11.3 Å². The lowest BCUT2D eigenvalue weighted by atomic mass is 9.94. The molecule has 6 nitrogen and oxygen atoms in total. The van der Waals surface area contributed by atoms with Gasteiger partial charge in [-0.15, -0.1) is 0 Å². The second kappa shape index (κ2) is 8.84. The molecule has 6 heteroatoms. The Morgan fingerprint density at radius 3 is 2.42 bits per heavy atom. The number of aliphatic hydroxyl groups excluding tert-OH is 1. The number of fused-ring (bicyclic) bond motifs is 1. The van der Waals surface area contributed by atoms with Gasteiger partial charge in [-0.1, -0.05) is 44.5 Å². The molecule has 1 atom stereocenters. The number of hydrogen-bond acceptors (Lipinski definition) is 5. The van der Waals surface area contributed by atoms with E-state index in [9.17, 15) is 14.7 Å². The van der Waals surface area contributed by atoms with Crippen LogP contribution in [0.4, 0.5) is 0 Å². The first-order valence-corrected chi connectivity index (χ1v) is 10.8. The second-order valence-corrected chi connectivity index (χ2v) is 7.80. The number of aryl methyl sites for hydroxylation is 1. The molecule has 1 N–H and O–H groups in total. The number of unbranched alkanes of at least 4 members (excludes halogenated alkanes) is 1. The maximum Gasteiger partial charge on any atom is 0.295 e. The van der Waals surface area contributed by atoms with Crippen molar-refractivity contribution in [2.75, 3.05) is 19.8 Å². The lowest BCUT2D eigenvalue weighted by Gasteiger charge is -2.25. The quantitative estimate of drug-likeness (QED) is 0.429. The monoisotopic (exact) mass is 421 g/mol. The number of carbonyl (C=O) groups is 2. The van der Waals surface area contributed by atoms with Crippen molar-refractivity contribution in [1.29, 1.82) is 0 Å². The molecule has 4 rings (SSSR count). The van der Waals surface area contributed by atoms with Crippen LogP contribution >= 0.6 is 0 Å². The highest BCUT2D eigenvalue weighted by atomic mass is 16.6. The van der Waals surface area contributed by atoms with Gasteiger partial charge in [0.1, 0.15) is 19.0 Å². The average Bonchev–Trinajstić information content (AvgIpc) is 3.06. The lowest BCUT2D eigenvalue weighted by molar-refractivity contribution is -0.139. The van der Waals surface area contributed by atoms with Crippen LogP contribution in [0.5, 0.6) is 11.5 Å². The van der Waals surface area contributed by atoms with Crippen molar-refractivity contribution >= 4 is 17.4 Å². The summed E-state index contributed by atoms with van der Waals surface area (Å²) in [5.41, 5.74) is 2.52. The summed E-state index contributed by atoms with van der Waals surface area (Å²) < 4.78 is 11.2. The molecule has 0 spiro atoms. The molecule has 2 heterocycles. The molecular formula is C25H27NO5. The molecule has 162 valence electrons. The largest absolute Gasteiger partial charge is 0.507 e. The molecule has 0 aliphatic carbocycles. The van der Waals surface area contributed by atoms with Crippen LogP contribution in [0, 0.1) is 0 Å². The summed E-state index contributed by atoms with van der Waals surface area (Å²) in [6, 6.07) is 12.3. The van der Waals surface area contributed by atoms with Crippen LogP contribution < -0.4 is 9.47 Å². The number of nitrogens with zero attached hydrogens (tertiary/aromatic N) is 1. The number of likely N-dealkylation sites (tertiary alicyclic amines) is 1. The van der Waals surface area contributed by atoms with Gasteiger partial charge in [-0.3, -0.25) is 9.59 Å². The average molecular weight is 421 g/mol. The van der Waals surface area contributed by atoms with E-state index in [2.05, 4.69) is 6.92 Å². The molecule has 2 aromatic rings. The Kier molecular flexibility index (Phi) is 5.98. The number of Topliss-reactive ketones (excluding diaryl/α,β-unsaturated/α-hetero) is 1. The fourth-order valence-corrected chi connectivity index (χ4v) is 4.07. The molecule has 2 aromatic carbocycles. The van der Waals surface area contributed by atoms with Gasteiger partial charge in [0.2, 0.25) is 0 Å². The van der Waals surface area contributed by atoms with Crippen molar-refractivity contribution in [3.05, 3.63) is 64.7 Å². The van der Waals surface area contributed by atoms with Crippen molar-refractivity contribution in [2.24, 2.45) is 0 Å². The van der Waals surface area contributed by atoms with Gasteiger partial charge in [0.25, 0.3) is 11.7 Å². The highest BCUT2D eigenvalue weighted by Gasteiger charge is 2.45. The number of amides is 1. The van der Waals surface area contributed by atoms with Crippen molar-refractivity contribution in [1.82, 2.24) is 4.90 Å². The van der Waals surface area contributed by atoms with E-state index in [0.29, 0.717) is 36.8 Å². The number of ether oxygens (including phenoxy) is 2. The van der Waals surface area contributed by atoms with Gasteiger partial charge in [0.05, 0.1) is 11.6 Å². The van der Waals surface area contributed by atoms with Gasteiger partial charge < -0.3 is 19.5 Å². The zero-order valence-electron chi connectivity index (χ0n) is 17.9. The van der Waals surface area contributed by atoms with Gasteiger partial charge in [-0.2, -0.15) is 0 Å². The second-order valence-electron chi connectivity index (χ2n) is 7.80. The summed E-state index contributed by atoms with van der Waals surface area (Å²) in [4.78, 5) is 27.5. The zero-order chi connectivity index (χ0) is 22.0. The number of carbonyl (C=O) groups excluding carboxylic acids is 2. The van der Waals surface area contributed by atoms with Gasteiger partial charge in [-0.25, -0.2) is 0 Å². The number of aliphatic hydroxyl groups is 1. The van der Waals surface area contributed by atoms with Crippen LogP contribution in [0.25, 0.3) is 5.76 Å². The summed E-state index contributed by atoms with van der Waals surface area (Å²) in [7, 11) is 0. The smallest absolute Gasteiger partial charge is 0.295 e. The van der Waals surface area contributed by atoms with Crippen LogP contribution in [0.2, 0.25) is 0 Å². The minimum Gasteiger partial charge on any atom is -0.507 e. The third-order valence-corrected chi connectivity index (χ3v) is 5.81. The Morgan fingerprint density at radius 1 is 1.03 bits per heavy atom. The maximum absolute atomic E-state index is 13.0. The Bertz CT molecular complexity index is 1020. The molecule has 31 heavy (non-hydrogen) atoms. The third kappa shape index (κ3) is 3.90. The predicted molar refractivity (Wildman–Crippen MR) is 117 cm³/mol. The first kappa shape index (κ1) is 21.0. The summed E-state index contributed by atoms with van der Waals surface area (Å²) in [6.07, 6.45) is 2.57. The molecule has 0 aromatic heterocycles. The van der Waals surface area contributed by atoms with Gasteiger partial charge >= 0.3 is 0 Å². The Balaban J connectivity index is 1.81. The zero-order valence-corrected chi connectivity index (χ0v) is 17.9. The van der Waals surface area contributed by atoms with E-state index in [1.165, 1.54) is 5.56 Å². The molecule has 1 saturated heterocycles. The summed E-state index contributed by atoms with van der Waals surface area (Å²) in [5.74, 6) is -0.318. The van der Waals surface area contributed by atoms with E-state index < -0.39 is 17.7 Å². The van der Waals surface area contributed by atoms with E-state index in [4.69, 9.17) is 9.47 Å². The fourth-order valence-electron chi connectivity index (χ4n) is 4.07. The predicted octanol–water partition coefficient (Wildman–Crippen LogP) is 4.24. The molecule has 1 fully saturated rings. The van der Waals surface area contributed by atoms with Crippen molar-refractivity contribution in [3.8, 4) is 11.5 Å². The Morgan fingerprint density at radius 2 is 1.74 bits per heavy atom. The van der Waals surface area contributed by atoms with Crippen LogP contribution in [0.15, 0.2) is 48.0 Å². The van der Waals surface area contributed by atoms with E-state index >= 15 is 0 Å². The highest BCUT2D eigenvalue weighted by molar-refractivity contribution is 6.46. The summed E-state index contributed by atoms with van der Waals surface area (Å²) in [6.45, 7) is 5.46. The first-order valence-electron chi connectivity index (χ1n) is 10.8. The Hall–Kier alpha value is -3.28.